The van der Waals surface area contributed by atoms with Gasteiger partial charge >= 0.3 is 0 Å². The SMILES string of the molecule is COc1cc(OC)cc(C(=O)NNC(=O)/C=C/c2ccc(F)c(Cl)c2)c1. The molecule has 26 heavy (non-hydrogen) atoms. The van der Waals surface area contributed by atoms with Crippen molar-refractivity contribution in [3.63, 3.8) is 0 Å². The van der Waals surface area contributed by atoms with Gasteiger partial charge in [-0.15, -0.1) is 0 Å². The van der Waals surface area contributed by atoms with Gasteiger partial charge in [-0.2, -0.15) is 0 Å². The van der Waals surface area contributed by atoms with Gasteiger partial charge in [0.15, 0.2) is 0 Å². The number of halogens is 2. The molecular weight excluding hydrogens is 363 g/mol. The lowest BCUT2D eigenvalue weighted by molar-refractivity contribution is -0.117. The quantitative estimate of drug-likeness (QED) is 0.619. The summed E-state index contributed by atoms with van der Waals surface area (Å²) in [6.45, 7) is 0. The zero-order valence-corrected chi connectivity index (χ0v) is 14.8. The first-order valence-corrected chi connectivity index (χ1v) is 7.77. The highest BCUT2D eigenvalue weighted by Crippen LogP contribution is 2.22. The van der Waals surface area contributed by atoms with E-state index in [1.54, 1.807) is 6.07 Å². The summed E-state index contributed by atoms with van der Waals surface area (Å²) in [5.41, 5.74) is 5.29. The van der Waals surface area contributed by atoms with Crippen LogP contribution in [0.15, 0.2) is 42.5 Å². The molecule has 0 fully saturated rings. The third-order valence-corrected chi connectivity index (χ3v) is 3.57. The third kappa shape index (κ3) is 5.22. The molecule has 2 aromatic carbocycles. The van der Waals surface area contributed by atoms with E-state index in [1.807, 2.05) is 0 Å². The van der Waals surface area contributed by atoms with E-state index in [4.69, 9.17) is 21.1 Å². The Kier molecular flexibility index (Phi) is 6.57. The summed E-state index contributed by atoms with van der Waals surface area (Å²) < 4.78 is 23.2. The Labute approximate surface area is 154 Å². The Morgan fingerprint density at radius 1 is 1.04 bits per heavy atom. The van der Waals surface area contributed by atoms with E-state index in [2.05, 4.69) is 10.9 Å². The van der Waals surface area contributed by atoms with Gasteiger partial charge in [0.25, 0.3) is 11.8 Å². The van der Waals surface area contributed by atoms with E-state index in [1.165, 1.54) is 56.7 Å². The predicted octanol–water partition coefficient (Wildman–Crippen LogP) is 2.97. The molecule has 2 aromatic rings. The van der Waals surface area contributed by atoms with Crippen LogP contribution in [0.1, 0.15) is 15.9 Å². The van der Waals surface area contributed by atoms with Crippen molar-refractivity contribution in [1.29, 1.82) is 0 Å². The topological polar surface area (TPSA) is 76.7 Å². The number of hydrogen-bond acceptors (Lipinski definition) is 4. The highest BCUT2D eigenvalue weighted by Gasteiger charge is 2.10. The maximum atomic E-state index is 13.1. The zero-order chi connectivity index (χ0) is 19.1. The highest BCUT2D eigenvalue weighted by molar-refractivity contribution is 6.30. The van der Waals surface area contributed by atoms with Crippen molar-refractivity contribution >= 4 is 29.5 Å². The minimum Gasteiger partial charge on any atom is -0.497 e. The zero-order valence-electron chi connectivity index (χ0n) is 14.0. The molecule has 8 heteroatoms. The molecule has 0 atom stereocenters. The highest BCUT2D eigenvalue weighted by atomic mass is 35.5. The number of benzene rings is 2. The van der Waals surface area contributed by atoms with Crippen LogP contribution in [0.3, 0.4) is 0 Å². The molecule has 136 valence electrons. The second-order valence-corrected chi connectivity index (χ2v) is 5.46. The Morgan fingerprint density at radius 2 is 1.69 bits per heavy atom. The van der Waals surface area contributed by atoms with Gasteiger partial charge < -0.3 is 9.47 Å². The molecule has 0 saturated heterocycles. The van der Waals surface area contributed by atoms with Crippen LogP contribution in [0.2, 0.25) is 5.02 Å². The Bertz CT molecular complexity index is 833. The van der Waals surface area contributed by atoms with Gasteiger partial charge in [-0.1, -0.05) is 17.7 Å². The fourth-order valence-electron chi connectivity index (χ4n) is 1.96. The van der Waals surface area contributed by atoms with Crippen molar-refractivity contribution in [1.82, 2.24) is 10.9 Å². The van der Waals surface area contributed by atoms with E-state index in [0.29, 0.717) is 17.1 Å². The smallest absolute Gasteiger partial charge is 0.269 e. The van der Waals surface area contributed by atoms with Crippen LogP contribution in [-0.2, 0) is 4.79 Å². The number of hydrazine groups is 1. The van der Waals surface area contributed by atoms with Crippen LogP contribution in [0.25, 0.3) is 6.08 Å². The van der Waals surface area contributed by atoms with Crippen molar-refractivity contribution in [3.8, 4) is 11.5 Å². The summed E-state index contributed by atoms with van der Waals surface area (Å²) in [6.07, 6.45) is 2.61. The average Bonchev–Trinajstić information content (AvgIpc) is 2.66. The molecule has 0 unspecified atom stereocenters. The number of amides is 2. The van der Waals surface area contributed by atoms with Gasteiger partial charge in [0, 0.05) is 17.7 Å². The maximum absolute atomic E-state index is 13.1. The van der Waals surface area contributed by atoms with Gasteiger partial charge in [-0.05, 0) is 35.9 Å². The minimum absolute atomic E-state index is 0.0483. The van der Waals surface area contributed by atoms with Crippen LogP contribution in [0.5, 0.6) is 11.5 Å². The molecular formula is C18H16ClFN2O4. The number of carbonyl (C=O) groups excluding carboxylic acids is 2. The Hall–Kier alpha value is -3.06. The van der Waals surface area contributed by atoms with Gasteiger partial charge in [-0.25, -0.2) is 4.39 Å². The second kappa shape index (κ2) is 8.87. The first kappa shape index (κ1) is 19.3. The molecule has 0 aliphatic carbocycles. The second-order valence-electron chi connectivity index (χ2n) is 5.05. The van der Waals surface area contributed by atoms with Crippen LogP contribution in [0, 0.1) is 5.82 Å². The number of ether oxygens (including phenoxy) is 2. The average molecular weight is 379 g/mol. The molecule has 6 nitrogen and oxygen atoms in total. The number of nitrogens with one attached hydrogen (secondary N) is 2. The van der Waals surface area contributed by atoms with Crippen LogP contribution >= 0.6 is 11.6 Å². The number of hydrogen-bond donors (Lipinski definition) is 2. The van der Waals surface area contributed by atoms with Gasteiger partial charge in [-0.3, -0.25) is 20.4 Å². The molecule has 2 amide bonds. The Morgan fingerprint density at radius 3 is 2.27 bits per heavy atom. The van der Waals surface area contributed by atoms with E-state index in [-0.39, 0.29) is 10.6 Å². The molecule has 2 rings (SSSR count). The normalized spacial score (nSPS) is 10.5. The molecule has 0 radical (unpaired) electrons. The largest absolute Gasteiger partial charge is 0.497 e. The van der Waals surface area contributed by atoms with Crippen LogP contribution < -0.4 is 20.3 Å². The van der Waals surface area contributed by atoms with Gasteiger partial charge in [0.05, 0.1) is 19.2 Å². The standard InChI is InChI=1S/C18H16ClFN2O4/c1-25-13-8-12(9-14(10-13)26-2)18(24)22-21-17(23)6-4-11-3-5-16(20)15(19)7-11/h3-10H,1-2H3,(H,21,23)(H,22,24)/b6-4+. The Balaban J connectivity index is 1.97. The lowest BCUT2D eigenvalue weighted by atomic mass is 10.2. The summed E-state index contributed by atoms with van der Waals surface area (Å²) in [4.78, 5) is 23.9. The van der Waals surface area contributed by atoms with Crippen LogP contribution in [0.4, 0.5) is 4.39 Å². The molecule has 0 aliphatic rings. The molecule has 0 saturated carbocycles. The monoisotopic (exact) mass is 378 g/mol. The molecule has 2 N–H and O–H groups in total. The molecule has 0 aliphatic heterocycles. The fraction of sp³-hybridized carbons (Fsp3) is 0.111. The first-order chi connectivity index (χ1) is 12.4. The summed E-state index contributed by atoms with van der Waals surface area (Å²) in [7, 11) is 2.93. The molecule has 0 heterocycles. The third-order valence-electron chi connectivity index (χ3n) is 3.28. The lowest BCUT2D eigenvalue weighted by Crippen LogP contribution is -2.40. The summed E-state index contributed by atoms with van der Waals surface area (Å²) in [5, 5.41) is -0.0483. The van der Waals surface area contributed by atoms with Crippen molar-refractivity contribution in [2.75, 3.05) is 14.2 Å². The molecule has 0 spiro atoms. The van der Waals surface area contributed by atoms with Crippen molar-refractivity contribution < 1.29 is 23.5 Å². The molecule has 0 aromatic heterocycles. The summed E-state index contributed by atoms with van der Waals surface area (Å²) in [6, 6.07) is 8.65. The number of methoxy groups -OCH3 is 2. The molecule has 0 bridgehead atoms. The number of carbonyl (C=O) groups is 2. The van der Waals surface area contributed by atoms with E-state index in [9.17, 15) is 14.0 Å². The van der Waals surface area contributed by atoms with Gasteiger partial charge in [0.1, 0.15) is 17.3 Å². The number of rotatable bonds is 5. The van der Waals surface area contributed by atoms with E-state index < -0.39 is 17.6 Å². The summed E-state index contributed by atoms with van der Waals surface area (Å²) >= 11 is 5.66. The van der Waals surface area contributed by atoms with E-state index >= 15 is 0 Å². The first-order valence-electron chi connectivity index (χ1n) is 7.39. The van der Waals surface area contributed by atoms with Crippen LogP contribution in [-0.4, -0.2) is 26.0 Å². The minimum atomic E-state index is -0.575. The van der Waals surface area contributed by atoms with Crippen molar-refractivity contribution in [3.05, 3.63) is 64.4 Å². The fourth-order valence-corrected chi connectivity index (χ4v) is 2.15. The maximum Gasteiger partial charge on any atom is 0.269 e. The van der Waals surface area contributed by atoms with Crippen molar-refractivity contribution in [2.45, 2.75) is 0 Å². The van der Waals surface area contributed by atoms with Gasteiger partial charge in [0.2, 0.25) is 0 Å². The predicted molar refractivity (Wildman–Crippen MR) is 95.6 cm³/mol. The lowest BCUT2D eigenvalue weighted by Gasteiger charge is -2.09. The summed E-state index contributed by atoms with van der Waals surface area (Å²) in [5.74, 6) is -0.792. The van der Waals surface area contributed by atoms with Crippen molar-refractivity contribution in [2.24, 2.45) is 0 Å². The van der Waals surface area contributed by atoms with E-state index in [0.717, 1.165) is 0 Å².